The third kappa shape index (κ3) is 2.38. The fourth-order valence-corrected chi connectivity index (χ4v) is 2.87. The summed E-state index contributed by atoms with van der Waals surface area (Å²) in [5.41, 5.74) is 6.02. The fraction of sp³-hybridized carbons (Fsp3) is 0.727. The standard InChI is InChI=1S/C11H19N3S/c1-8-7-14(5-3-10(8)12)9(2)11-13-4-6-15-11/h4,6,8-10H,3,5,7,12H2,1-2H3. The van der Waals surface area contributed by atoms with Crippen molar-refractivity contribution in [3.8, 4) is 0 Å². The lowest BCUT2D eigenvalue weighted by atomic mass is 9.94. The average molecular weight is 225 g/mol. The molecule has 0 aromatic carbocycles. The normalized spacial score (nSPS) is 30.3. The number of hydrogen-bond donors (Lipinski definition) is 1. The maximum absolute atomic E-state index is 6.02. The highest BCUT2D eigenvalue weighted by atomic mass is 32.1. The van der Waals surface area contributed by atoms with E-state index in [0.717, 1.165) is 19.5 Å². The van der Waals surface area contributed by atoms with Crippen molar-refractivity contribution in [3.63, 3.8) is 0 Å². The molecule has 0 amide bonds. The van der Waals surface area contributed by atoms with E-state index in [-0.39, 0.29) is 0 Å². The summed E-state index contributed by atoms with van der Waals surface area (Å²) < 4.78 is 0. The molecule has 0 bridgehead atoms. The Bertz CT molecular complexity index is 299. The fourth-order valence-electron chi connectivity index (χ4n) is 2.14. The highest BCUT2D eigenvalue weighted by Crippen LogP contribution is 2.26. The van der Waals surface area contributed by atoms with Crippen LogP contribution >= 0.6 is 11.3 Å². The first kappa shape index (κ1) is 11.0. The van der Waals surface area contributed by atoms with E-state index in [4.69, 9.17) is 5.73 Å². The monoisotopic (exact) mass is 225 g/mol. The van der Waals surface area contributed by atoms with Crippen molar-refractivity contribution in [3.05, 3.63) is 16.6 Å². The van der Waals surface area contributed by atoms with Gasteiger partial charge in [-0.2, -0.15) is 0 Å². The predicted molar refractivity (Wildman–Crippen MR) is 63.9 cm³/mol. The van der Waals surface area contributed by atoms with Gasteiger partial charge in [-0.25, -0.2) is 4.98 Å². The van der Waals surface area contributed by atoms with E-state index in [1.807, 2.05) is 11.6 Å². The molecule has 1 aliphatic rings. The Morgan fingerprint density at radius 3 is 3.07 bits per heavy atom. The van der Waals surface area contributed by atoms with Gasteiger partial charge >= 0.3 is 0 Å². The summed E-state index contributed by atoms with van der Waals surface area (Å²) in [6, 6.07) is 0.824. The first-order valence-electron chi connectivity index (χ1n) is 5.57. The van der Waals surface area contributed by atoms with Crippen molar-refractivity contribution in [2.45, 2.75) is 32.4 Å². The highest BCUT2D eigenvalue weighted by molar-refractivity contribution is 7.09. The molecule has 3 unspecified atom stereocenters. The van der Waals surface area contributed by atoms with Gasteiger partial charge in [0.15, 0.2) is 0 Å². The summed E-state index contributed by atoms with van der Waals surface area (Å²) in [7, 11) is 0. The number of likely N-dealkylation sites (tertiary alicyclic amines) is 1. The van der Waals surface area contributed by atoms with Crippen molar-refractivity contribution in [2.24, 2.45) is 11.7 Å². The second-order valence-corrected chi connectivity index (χ2v) is 5.40. The molecular formula is C11H19N3S. The van der Waals surface area contributed by atoms with Gasteiger partial charge in [-0.3, -0.25) is 4.90 Å². The minimum Gasteiger partial charge on any atom is -0.327 e. The van der Waals surface area contributed by atoms with Gasteiger partial charge in [-0.15, -0.1) is 11.3 Å². The van der Waals surface area contributed by atoms with Crippen LogP contribution in [0.4, 0.5) is 0 Å². The van der Waals surface area contributed by atoms with Gasteiger partial charge in [0.05, 0.1) is 6.04 Å². The summed E-state index contributed by atoms with van der Waals surface area (Å²) in [6.07, 6.45) is 2.99. The molecule has 15 heavy (non-hydrogen) atoms. The van der Waals surface area contributed by atoms with E-state index in [1.165, 1.54) is 5.01 Å². The number of rotatable bonds is 2. The second-order valence-electron chi connectivity index (χ2n) is 4.47. The first-order valence-corrected chi connectivity index (χ1v) is 6.45. The van der Waals surface area contributed by atoms with Gasteiger partial charge in [0.1, 0.15) is 5.01 Å². The van der Waals surface area contributed by atoms with E-state index in [2.05, 4.69) is 23.7 Å². The highest BCUT2D eigenvalue weighted by Gasteiger charge is 2.27. The number of hydrogen-bond acceptors (Lipinski definition) is 4. The van der Waals surface area contributed by atoms with Crippen LogP contribution in [0.15, 0.2) is 11.6 Å². The molecule has 0 radical (unpaired) electrons. The van der Waals surface area contributed by atoms with Crippen LogP contribution in [0.1, 0.15) is 31.3 Å². The third-order valence-corrected chi connectivity index (χ3v) is 4.31. The molecule has 2 rings (SSSR count). The van der Waals surface area contributed by atoms with Gasteiger partial charge in [0, 0.05) is 30.7 Å². The van der Waals surface area contributed by atoms with Crippen LogP contribution in [-0.4, -0.2) is 29.0 Å². The van der Waals surface area contributed by atoms with Crippen molar-refractivity contribution < 1.29 is 0 Å². The van der Waals surface area contributed by atoms with Crippen molar-refractivity contribution in [1.82, 2.24) is 9.88 Å². The molecule has 1 aromatic rings. The molecule has 3 atom stereocenters. The van der Waals surface area contributed by atoms with E-state index >= 15 is 0 Å². The smallest absolute Gasteiger partial charge is 0.109 e. The molecule has 2 N–H and O–H groups in total. The van der Waals surface area contributed by atoms with Crippen LogP contribution in [0.25, 0.3) is 0 Å². The van der Waals surface area contributed by atoms with E-state index in [0.29, 0.717) is 18.0 Å². The van der Waals surface area contributed by atoms with Gasteiger partial charge in [0.25, 0.3) is 0 Å². The summed E-state index contributed by atoms with van der Waals surface area (Å²) in [4.78, 5) is 6.87. The Morgan fingerprint density at radius 1 is 1.67 bits per heavy atom. The minimum atomic E-state index is 0.379. The molecule has 1 aromatic heterocycles. The van der Waals surface area contributed by atoms with Crippen LogP contribution in [0.3, 0.4) is 0 Å². The van der Waals surface area contributed by atoms with Crippen LogP contribution in [-0.2, 0) is 0 Å². The van der Waals surface area contributed by atoms with Gasteiger partial charge in [-0.1, -0.05) is 6.92 Å². The molecule has 2 heterocycles. The molecule has 0 aliphatic carbocycles. The lowest BCUT2D eigenvalue weighted by Crippen LogP contribution is -2.46. The zero-order valence-electron chi connectivity index (χ0n) is 9.39. The van der Waals surface area contributed by atoms with E-state index in [9.17, 15) is 0 Å². The Kier molecular flexibility index (Phi) is 3.38. The summed E-state index contributed by atoms with van der Waals surface area (Å²) in [5, 5.41) is 3.27. The second kappa shape index (κ2) is 4.60. The maximum Gasteiger partial charge on any atom is 0.109 e. The predicted octanol–water partition coefficient (Wildman–Crippen LogP) is 1.87. The number of aromatic nitrogens is 1. The summed E-state index contributed by atoms with van der Waals surface area (Å²) in [6.45, 7) is 6.68. The molecule has 84 valence electrons. The largest absolute Gasteiger partial charge is 0.327 e. The van der Waals surface area contributed by atoms with Gasteiger partial charge < -0.3 is 5.73 Å². The van der Waals surface area contributed by atoms with Crippen LogP contribution in [0.2, 0.25) is 0 Å². The summed E-state index contributed by atoms with van der Waals surface area (Å²) >= 11 is 1.74. The molecule has 3 nitrogen and oxygen atoms in total. The van der Waals surface area contributed by atoms with Gasteiger partial charge in [0.2, 0.25) is 0 Å². The average Bonchev–Trinajstić information content (AvgIpc) is 2.74. The number of nitrogens with two attached hydrogens (primary N) is 1. The maximum atomic E-state index is 6.02. The molecular weight excluding hydrogens is 206 g/mol. The van der Waals surface area contributed by atoms with Gasteiger partial charge in [-0.05, 0) is 19.3 Å². The molecule has 4 heteroatoms. The quantitative estimate of drug-likeness (QED) is 0.835. The van der Waals surface area contributed by atoms with Crippen molar-refractivity contribution in [2.75, 3.05) is 13.1 Å². The molecule has 1 fully saturated rings. The van der Waals surface area contributed by atoms with Crippen molar-refractivity contribution >= 4 is 11.3 Å². The van der Waals surface area contributed by atoms with Crippen LogP contribution in [0, 0.1) is 5.92 Å². The Morgan fingerprint density at radius 2 is 2.47 bits per heavy atom. The molecule has 1 aliphatic heterocycles. The molecule has 1 saturated heterocycles. The first-order chi connectivity index (χ1) is 7.18. The Labute approximate surface area is 95.3 Å². The molecule has 0 spiro atoms. The number of nitrogens with zero attached hydrogens (tertiary/aromatic N) is 2. The van der Waals surface area contributed by atoms with Crippen LogP contribution < -0.4 is 5.73 Å². The minimum absolute atomic E-state index is 0.379. The van der Waals surface area contributed by atoms with E-state index in [1.54, 1.807) is 11.3 Å². The number of piperidine rings is 1. The number of thiazole rings is 1. The Balaban J connectivity index is 2.00. The Hall–Kier alpha value is -0.450. The topological polar surface area (TPSA) is 42.2 Å². The molecule has 0 saturated carbocycles. The SMILES string of the molecule is CC1CN(C(C)c2nccs2)CCC1N. The third-order valence-electron chi connectivity index (χ3n) is 3.36. The zero-order chi connectivity index (χ0) is 10.8. The zero-order valence-corrected chi connectivity index (χ0v) is 10.2. The summed E-state index contributed by atoms with van der Waals surface area (Å²) in [5.74, 6) is 0.598. The van der Waals surface area contributed by atoms with E-state index < -0.39 is 0 Å². The van der Waals surface area contributed by atoms with Crippen LogP contribution in [0.5, 0.6) is 0 Å². The lowest BCUT2D eigenvalue weighted by Gasteiger charge is -2.37. The van der Waals surface area contributed by atoms with Crippen molar-refractivity contribution in [1.29, 1.82) is 0 Å². The lowest BCUT2D eigenvalue weighted by molar-refractivity contribution is 0.124.